The van der Waals surface area contributed by atoms with Gasteiger partial charge in [0.15, 0.2) is 5.78 Å². The first-order chi connectivity index (χ1) is 16.2. The number of hydrogen-bond acceptors (Lipinski definition) is 1. The highest BCUT2D eigenvalue weighted by Crippen LogP contribution is 2.53. The van der Waals surface area contributed by atoms with Crippen LogP contribution in [-0.2, 0) is 11.2 Å². The third kappa shape index (κ3) is 3.63. The first kappa shape index (κ1) is 20.5. The zero-order chi connectivity index (χ0) is 22.4. The van der Waals surface area contributed by atoms with Crippen LogP contribution >= 0.6 is 11.6 Å². The maximum Gasteiger partial charge on any atom is 0.155 e. The number of benzene rings is 3. The van der Waals surface area contributed by atoms with Gasteiger partial charge in [-0.2, -0.15) is 0 Å². The minimum absolute atomic E-state index is 0.157. The van der Waals surface area contributed by atoms with Gasteiger partial charge in [-0.15, -0.1) is 0 Å². The fraction of sp³-hybridized carbons (Fsp3) is 0.233. The van der Waals surface area contributed by atoms with Gasteiger partial charge in [-0.1, -0.05) is 77.8 Å². The van der Waals surface area contributed by atoms with E-state index in [-0.39, 0.29) is 17.6 Å². The molecule has 0 amide bonds. The molecule has 3 heteroatoms. The predicted molar refractivity (Wildman–Crippen MR) is 135 cm³/mol. The maximum atomic E-state index is 12.6. The molecule has 0 aliphatic heterocycles. The predicted octanol–water partition coefficient (Wildman–Crippen LogP) is 7.59. The van der Waals surface area contributed by atoms with Crippen molar-refractivity contribution in [3.63, 3.8) is 0 Å². The number of aromatic nitrogens is 1. The molecule has 4 aromatic rings. The Hall–Kier alpha value is -3.10. The number of fused-ring (bicyclic) bond motifs is 3. The molecule has 3 aromatic carbocycles. The molecule has 0 unspecified atom stereocenters. The van der Waals surface area contributed by atoms with Gasteiger partial charge < -0.3 is 4.98 Å². The number of rotatable bonds is 3. The van der Waals surface area contributed by atoms with Crippen molar-refractivity contribution in [1.82, 2.24) is 4.98 Å². The first-order valence-electron chi connectivity index (χ1n) is 11.8. The largest absolute Gasteiger partial charge is 0.358 e. The standard InChI is InChI=1S/C30H26ClNO/c31-22-14-15-26-25(17-22)30-27(32-26)18-24(19-8-3-1-4-9-19)28(21-12-7-13-23(33)16-21)29(30)20-10-5-2-6-11-20/h1-6,8-11,14-17,24,28-29,32H,7,12-13,18H2/t24-,28+,29-/m0/s1. The van der Waals surface area contributed by atoms with E-state index in [4.69, 9.17) is 11.6 Å². The Morgan fingerprint density at radius 3 is 2.30 bits per heavy atom. The molecule has 0 radical (unpaired) electrons. The van der Waals surface area contributed by atoms with Gasteiger partial charge in [0, 0.05) is 34.0 Å². The quantitative estimate of drug-likeness (QED) is 0.342. The van der Waals surface area contributed by atoms with Gasteiger partial charge in [0.2, 0.25) is 0 Å². The van der Waals surface area contributed by atoms with Gasteiger partial charge in [0.25, 0.3) is 0 Å². The van der Waals surface area contributed by atoms with E-state index in [1.807, 2.05) is 12.1 Å². The number of carbonyl (C=O) groups excluding carboxylic acids is 1. The van der Waals surface area contributed by atoms with E-state index in [1.54, 1.807) is 0 Å². The Labute approximate surface area is 199 Å². The summed E-state index contributed by atoms with van der Waals surface area (Å²) in [5.41, 5.74) is 7.69. The van der Waals surface area contributed by atoms with Gasteiger partial charge in [-0.3, -0.25) is 4.79 Å². The Balaban J connectivity index is 1.64. The first-order valence-corrected chi connectivity index (χ1v) is 12.2. The van der Waals surface area contributed by atoms with E-state index in [2.05, 4.69) is 77.8 Å². The smallest absolute Gasteiger partial charge is 0.155 e. The van der Waals surface area contributed by atoms with Gasteiger partial charge in [-0.05, 0) is 72.1 Å². The van der Waals surface area contributed by atoms with Crippen molar-refractivity contribution in [3.8, 4) is 0 Å². The molecule has 1 aromatic heterocycles. The van der Waals surface area contributed by atoms with Crippen molar-refractivity contribution in [1.29, 1.82) is 0 Å². The number of aromatic amines is 1. The van der Waals surface area contributed by atoms with Gasteiger partial charge in [-0.25, -0.2) is 0 Å². The molecular weight excluding hydrogens is 426 g/mol. The number of allylic oxidation sites excluding steroid dienone is 2. The fourth-order valence-electron chi connectivity index (χ4n) is 6.13. The lowest BCUT2D eigenvalue weighted by Crippen LogP contribution is -2.31. The number of nitrogens with one attached hydrogen (secondary N) is 1. The molecular formula is C30H26ClNO. The molecule has 0 bridgehead atoms. The van der Waals surface area contributed by atoms with Crippen LogP contribution in [0.4, 0.5) is 0 Å². The second-order valence-electron chi connectivity index (χ2n) is 9.38. The van der Waals surface area contributed by atoms with Crippen molar-refractivity contribution in [2.24, 2.45) is 5.92 Å². The third-order valence-electron chi connectivity index (χ3n) is 7.46. The summed E-state index contributed by atoms with van der Waals surface area (Å²) in [6.07, 6.45) is 5.48. The normalized spacial score (nSPS) is 22.8. The molecule has 3 atom stereocenters. The van der Waals surface area contributed by atoms with Crippen LogP contribution in [0.5, 0.6) is 0 Å². The Morgan fingerprint density at radius 2 is 1.58 bits per heavy atom. The summed E-state index contributed by atoms with van der Waals surface area (Å²) in [5, 5.41) is 1.95. The summed E-state index contributed by atoms with van der Waals surface area (Å²) in [6, 6.07) is 27.8. The number of hydrogen-bond donors (Lipinski definition) is 1. The van der Waals surface area contributed by atoms with Crippen LogP contribution in [0.1, 0.15) is 53.5 Å². The van der Waals surface area contributed by atoms with Crippen LogP contribution in [0.15, 0.2) is 90.5 Å². The van der Waals surface area contributed by atoms with Crippen molar-refractivity contribution in [2.75, 3.05) is 0 Å². The van der Waals surface area contributed by atoms with E-state index >= 15 is 0 Å². The average molecular weight is 452 g/mol. The van der Waals surface area contributed by atoms with Crippen LogP contribution in [0.3, 0.4) is 0 Å². The monoisotopic (exact) mass is 451 g/mol. The lowest BCUT2D eigenvalue weighted by molar-refractivity contribution is -0.115. The fourth-order valence-corrected chi connectivity index (χ4v) is 6.30. The highest BCUT2D eigenvalue weighted by atomic mass is 35.5. The molecule has 6 rings (SSSR count). The van der Waals surface area contributed by atoms with E-state index in [9.17, 15) is 4.79 Å². The summed E-state index contributed by atoms with van der Waals surface area (Å²) in [5.74, 6) is 0.946. The summed E-state index contributed by atoms with van der Waals surface area (Å²) in [6.45, 7) is 0. The molecule has 0 spiro atoms. The highest BCUT2D eigenvalue weighted by molar-refractivity contribution is 6.31. The minimum atomic E-state index is 0.157. The number of carbonyl (C=O) groups is 1. The van der Waals surface area contributed by atoms with Crippen LogP contribution in [0.2, 0.25) is 5.02 Å². The van der Waals surface area contributed by atoms with Crippen LogP contribution in [0.25, 0.3) is 10.9 Å². The molecule has 1 heterocycles. The maximum absolute atomic E-state index is 12.6. The summed E-state index contributed by atoms with van der Waals surface area (Å²) >= 11 is 6.47. The molecule has 1 N–H and O–H groups in total. The van der Waals surface area contributed by atoms with Gasteiger partial charge in [0.1, 0.15) is 0 Å². The van der Waals surface area contributed by atoms with Crippen LogP contribution < -0.4 is 0 Å². The van der Waals surface area contributed by atoms with Crippen molar-refractivity contribution in [3.05, 3.63) is 118 Å². The van der Waals surface area contributed by atoms with E-state index in [1.165, 1.54) is 33.3 Å². The summed E-state index contributed by atoms with van der Waals surface area (Å²) < 4.78 is 0. The molecule has 2 aliphatic rings. The molecule has 0 saturated carbocycles. The Kier molecular flexibility index (Phi) is 5.19. The zero-order valence-corrected chi connectivity index (χ0v) is 19.2. The Morgan fingerprint density at radius 1 is 0.848 bits per heavy atom. The van der Waals surface area contributed by atoms with E-state index < -0.39 is 0 Å². The lowest BCUT2D eigenvalue weighted by Gasteiger charge is -2.41. The average Bonchev–Trinajstić information content (AvgIpc) is 3.21. The second-order valence-corrected chi connectivity index (χ2v) is 9.82. The zero-order valence-electron chi connectivity index (χ0n) is 18.4. The number of halogens is 1. The third-order valence-corrected chi connectivity index (χ3v) is 7.69. The van der Waals surface area contributed by atoms with Crippen molar-refractivity contribution in [2.45, 2.75) is 37.5 Å². The molecule has 33 heavy (non-hydrogen) atoms. The topological polar surface area (TPSA) is 32.9 Å². The van der Waals surface area contributed by atoms with E-state index in [0.29, 0.717) is 12.3 Å². The molecule has 2 nitrogen and oxygen atoms in total. The van der Waals surface area contributed by atoms with Gasteiger partial charge >= 0.3 is 0 Å². The SMILES string of the molecule is O=C1C=C([C@H]2[C@H](c3ccccc3)c3c([nH]c4ccc(Cl)cc34)C[C@H]2c2ccccc2)CCC1. The van der Waals surface area contributed by atoms with Crippen molar-refractivity contribution < 1.29 is 4.79 Å². The summed E-state index contributed by atoms with van der Waals surface area (Å²) in [4.78, 5) is 16.3. The Bertz CT molecular complexity index is 1350. The van der Waals surface area contributed by atoms with Crippen LogP contribution in [-0.4, -0.2) is 10.8 Å². The minimum Gasteiger partial charge on any atom is -0.358 e. The number of H-pyrrole nitrogens is 1. The second kappa shape index (κ2) is 8.35. The summed E-state index contributed by atoms with van der Waals surface area (Å²) in [7, 11) is 0. The highest BCUT2D eigenvalue weighted by Gasteiger charge is 2.42. The molecule has 0 saturated heterocycles. The lowest BCUT2D eigenvalue weighted by atomic mass is 9.62. The molecule has 164 valence electrons. The molecule has 2 aliphatic carbocycles. The van der Waals surface area contributed by atoms with Crippen molar-refractivity contribution >= 4 is 28.3 Å². The number of ketones is 1. The van der Waals surface area contributed by atoms with E-state index in [0.717, 1.165) is 29.8 Å². The molecule has 0 fully saturated rings. The van der Waals surface area contributed by atoms with Crippen LogP contribution in [0, 0.1) is 5.92 Å². The van der Waals surface area contributed by atoms with Gasteiger partial charge in [0.05, 0.1) is 0 Å².